The Balaban J connectivity index is 0.00000242. The summed E-state index contributed by atoms with van der Waals surface area (Å²) in [6, 6.07) is 7.34. The minimum atomic E-state index is 0. The van der Waals surface area contributed by atoms with Gasteiger partial charge in [0.15, 0.2) is 17.5 Å². The minimum absolute atomic E-state index is 0. The molecule has 0 bridgehead atoms. The molecule has 0 spiro atoms. The van der Waals surface area contributed by atoms with Crippen molar-refractivity contribution in [2.75, 3.05) is 19.5 Å². The minimum Gasteiger partial charge on any atom is -0.493 e. The van der Waals surface area contributed by atoms with Crippen LogP contribution in [0.4, 0.5) is 5.69 Å². The maximum absolute atomic E-state index is 5.87. The monoisotopic (exact) mass is 417 g/mol. The summed E-state index contributed by atoms with van der Waals surface area (Å²) in [5, 5.41) is 7.09. The second-order valence-electron chi connectivity index (χ2n) is 4.34. The number of ether oxygens (including phenoxy) is 2. The van der Waals surface area contributed by atoms with Gasteiger partial charge in [-0.1, -0.05) is 0 Å². The third kappa shape index (κ3) is 4.52. The average molecular weight is 417 g/mol. The van der Waals surface area contributed by atoms with Crippen LogP contribution >= 0.6 is 24.0 Å². The molecule has 2 rings (SSSR count). The molecule has 0 aliphatic rings. The predicted molar refractivity (Wildman–Crippen MR) is 97.1 cm³/mol. The van der Waals surface area contributed by atoms with Crippen molar-refractivity contribution in [3.63, 3.8) is 0 Å². The van der Waals surface area contributed by atoms with Crippen molar-refractivity contribution < 1.29 is 9.47 Å². The standard InChI is InChI=1S/C14H19N5O2.HI/c1-19-11(6-7-17-19)9-16-14(15)18-10-4-5-12(20-2)13(8-10)21-3;/h4-8H,9H2,1-3H3,(H3,15,16,18);1H. The SMILES string of the molecule is COc1ccc(NC(N)=NCc2ccnn2C)cc1OC.I. The van der Waals surface area contributed by atoms with Crippen LogP contribution in [0.15, 0.2) is 35.5 Å². The van der Waals surface area contributed by atoms with Crippen molar-refractivity contribution in [1.82, 2.24) is 9.78 Å². The van der Waals surface area contributed by atoms with E-state index in [0.717, 1.165) is 11.4 Å². The number of nitrogens with two attached hydrogens (primary N) is 1. The lowest BCUT2D eigenvalue weighted by atomic mass is 10.3. The van der Waals surface area contributed by atoms with Gasteiger partial charge in [0.1, 0.15) is 0 Å². The van der Waals surface area contributed by atoms with Crippen molar-refractivity contribution >= 4 is 35.6 Å². The Morgan fingerprint density at radius 2 is 2.00 bits per heavy atom. The lowest BCUT2D eigenvalue weighted by molar-refractivity contribution is 0.355. The number of guanidine groups is 1. The number of hydrogen-bond acceptors (Lipinski definition) is 4. The van der Waals surface area contributed by atoms with Crippen molar-refractivity contribution in [2.24, 2.45) is 17.8 Å². The van der Waals surface area contributed by atoms with Crippen LogP contribution in [0.3, 0.4) is 0 Å². The zero-order valence-electron chi connectivity index (χ0n) is 12.7. The Morgan fingerprint density at radius 3 is 2.59 bits per heavy atom. The molecule has 8 heteroatoms. The average Bonchev–Trinajstić information content (AvgIpc) is 2.90. The van der Waals surface area contributed by atoms with Crippen LogP contribution in [0.1, 0.15) is 5.69 Å². The van der Waals surface area contributed by atoms with Gasteiger partial charge in [0.05, 0.1) is 26.5 Å². The van der Waals surface area contributed by atoms with Gasteiger partial charge in [0.25, 0.3) is 0 Å². The van der Waals surface area contributed by atoms with Gasteiger partial charge in [-0.25, -0.2) is 4.99 Å². The van der Waals surface area contributed by atoms with E-state index in [2.05, 4.69) is 15.4 Å². The summed E-state index contributed by atoms with van der Waals surface area (Å²) >= 11 is 0. The maximum Gasteiger partial charge on any atom is 0.193 e. The van der Waals surface area contributed by atoms with Gasteiger partial charge in [-0.05, 0) is 18.2 Å². The summed E-state index contributed by atoms with van der Waals surface area (Å²) in [5.41, 5.74) is 7.63. The molecule has 0 amide bonds. The second kappa shape index (κ2) is 8.47. The first-order chi connectivity index (χ1) is 10.1. The quantitative estimate of drug-likeness (QED) is 0.442. The van der Waals surface area contributed by atoms with Crippen LogP contribution in [0, 0.1) is 0 Å². The van der Waals surface area contributed by atoms with Crippen molar-refractivity contribution in [1.29, 1.82) is 0 Å². The largest absolute Gasteiger partial charge is 0.493 e. The Morgan fingerprint density at radius 1 is 1.27 bits per heavy atom. The van der Waals surface area contributed by atoms with Crippen LogP contribution in [0.2, 0.25) is 0 Å². The van der Waals surface area contributed by atoms with E-state index in [-0.39, 0.29) is 24.0 Å². The fraction of sp³-hybridized carbons (Fsp3) is 0.286. The van der Waals surface area contributed by atoms with E-state index in [1.54, 1.807) is 37.2 Å². The van der Waals surface area contributed by atoms with Gasteiger partial charge < -0.3 is 20.5 Å². The Kier molecular flexibility index (Phi) is 6.96. The van der Waals surface area contributed by atoms with E-state index in [0.29, 0.717) is 24.0 Å². The number of rotatable bonds is 5. The van der Waals surface area contributed by atoms with Crippen molar-refractivity contribution in [2.45, 2.75) is 6.54 Å². The summed E-state index contributed by atoms with van der Waals surface area (Å²) in [6.45, 7) is 0.461. The smallest absolute Gasteiger partial charge is 0.193 e. The Labute approximate surface area is 146 Å². The number of aryl methyl sites for hydroxylation is 1. The van der Waals surface area contributed by atoms with Gasteiger partial charge in [-0.3, -0.25) is 4.68 Å². The highest BCUT2D eigenvalue weighted by atomic mass is 127. The molecule has 0 radical (unpaired) electrons. The molecule has 2 aromatic rings. The molecule has 1 aromatic carbocycles. The van der Waals surface area contributed by atoms with E-state index in [4.69, 9.17) is 15.2 Å². The fourth-order valence-electron chi connectivity index (χ4n) is 1.82. The lowest BCUT2D eigenvalue weighted by Crippen LogP contribution is -2.22. The normalized spacial score (nSPS) is 10.8. The van der Waals surface area contributed by atoms with Crippen LogP contribution in [0.5, 0.6) is 11.5 Å². The second-order valence-corrected chi connectivity index (χ2v) is 4.34. The van der Waals surface area contributed by atoms with Crippen LogP contribution in [-0.4, -0.2) is 30.0 Å². The number of aliphatic imine (C=N–C) groups is 1. The van der Waals surface area contributed by atoms with Crippen molar-refractivity contribution in [3.8, 4) is 11.5 Å². The first kappa shape index (κ1) is 18.1. The summed E-state index contributed by atoms with van der Waals surface area (Å²) in [7, 11) is 5.04. The van der Waals surface area contributed by atoms with E-state index in [1.165, 1.54) is 0 Å². The molecule has 0 aliphatic heterocycles. The zero-order chi connectivity index (χ0) is 15.2. The topological polar surface area (TPSA) is 86.7 Å². The van der Waals surface area contributed by atoms with E-state index in [1.807, 2.05) is 19.2 Å². The molecule has 0 atom stereocenters. The number of methoxy groups -OCH3 is 2. The van der Waals surface area contributed by atoms with Crippen LogP contribution < -0.4 is 20.5 Å². The van der Waals surface area contributed by atoms with E-state index in [9.17, 15) is 0 Å². The van der Waals surface area contributed by atoms with Gasteiger partial charge in [0, 0.05) is 25.0 Å². The number of nitrogens with zero attached hydrogens (tertiary/aromatic N) is 3. The number of anilines is 1. The Hall–Kier alpha value is -1.97. The highest BCUT2D eigenvalue weighted by Gasteiger charge is 2.05. The number of halogens is 1. The third-order valence-electron chi connectivity index (χ3n) is 2.99. The number of nitrogens with one attached hydrogen (secondary N) is 1. The third-order valence-corrected chi connectivity index (χ3v) is 2.99. The summed E-state index contributed by atoms with van der Waals surface area (Å²) in [5.74, 6) is 1.61. The Bertz CT molecular complexity index is 642. The highest BCUT2D eigenvalue weighted by molar-refractivity contribution is 14.0. The highest BCUT2D eigenvalue weighted by Crippen LogP contribution is 2.29. The van der Waals surface area contributed by atoms with Crippen LogP contribution in [-0.2, 0) is 13.6 Å². The molecule has 3 N–H and O–H groups in total. The molecule has 22 heavy (non-hydrogen) atoms. The maximum atomic E-state index is 5.87. The van der Waals surface area contributed by atoms with Gasteiger partial charge >= 0.3 is 0 Å². The molecular formula is C14H20IN5O2. The number of benzene rings is 1. The van der Waals surface area contributed by atoms with Gasteiger partial charge in [0.2, 0.25) is 0 Å². The number of hydrogen-bond donors (Lipinski definition) is 2. The van der Waals surface area contributed by atoms with Crippen LogP contribution in [0.25, 0.3) is 0 Å². The zero-order valence-corrected chi connectivity index (χ0v) is 15.1. The molecule has 0 aliphatic carbocycles. The first-order valence-corrected chi connectivity index (χ1v) is 6.40. The predicted octanol–water partition coefficient (Wildman–Crippen LogP) is 1.98. The summed E-state index contributed by atoms with van der Waals surface area (Å²) < 4.78 is 12.2. The summed E-state index contributed by atoms with van der Waals surface area (Å²) in [4.78, 5) is 4.27. The fourth-order valence-corrected chi connectivity index (χ4v) is 1.82. The molecule has 1 heterocycles. The van der Waals surface area contributed by atoms with E-state index < -0.39 is 0 Å². The van der Waals surface area contributed by atoms with Crippen molar-refractivity contribution in [3.05, 3.63) is 36.2 Å². The molecular weight excluding hydrogens is 397 g/mol. The molecule has 0 fully saturated rings. The van der Waals surface area contributed by atoms with E-state index >= 15 is 0 Å². The molecule has 0 saturated carbocycles. The lowest BCUT2D eigenvalue weighted by Gasteiger charge is -2.10. The number of aromatic nitrogens is 2. The molecule has 7 nitrogen and oxygen atoms in total. The molecule has 0 saturated heterocycles. The first-order valence-electron chi connectivity index (χ1n) is 6.40. The summed E-state index contributed by atoms with van der Waals surface area (Å²) in [6.07, 6.45) is 1.73. The van der Waals surface area contributed by atoms with Gasteiger partial charge in [-0.15, -0.1) is 24.0 Å². The van der Waals surface area contributed by atoms with Gasteiger partial charge in [-0.2, -0.15) is 5.10 Å². The molecule has 120 valence electrons. The molecule has 0 unspecified atom stereocenters. The molecule has 1 aromatic heterocycles.